The molecule has 0 aromatic heterocycles. The molecule has 0 unspecified atom stereocenters. The number of amides is 3. The minimum atomic E-state index is -0.524. The number of urea groups is 1. The van der Waals surface area contributed by atoms with Crippen molar-refractivity contribution in [1.29, 1.82) is 0 Å². The number of nitrogens with zero attached hydrogens (tertiary/aromatic N) is 1. The van der Waals surface area contributed by atoms with Crippen molar-refractivity contribution >= 4 is 23.3 Å². The van der Waals surface area contributed by atoms with Crippen molar-refractivity contribution in [3.63, 3.8) is 0 Å². The molecule has 2 aromatic carbocycles. The molecule has 28 heavy (non-hydrogen) atoms. The van der Waals surface area contributed by atoms with Crippen LogP contribution < -0.4 is 24.8 Å². The number of anilines is 2. The van der Waals surface area contributed by atoms with E-state index >= 15 is 0 Å². The molecule has 3 amide bonds. The summed E-state index contributed by atoms with van der Waals surface area (Å²) in [4.78, 5) is 27.0. The van der Waals surface area contributed by atoms with E-state index in [1.165, 1.54) is 0 Å². The third-order valence-electron chi connectivity index (χ3n) is 4.80. The Morgan fingerprint density at radius 1 is 1.04 bits per heavy atom. The van der Waals surface area contributed by atoms with Crippen LogP contribution in [-0.4, -0.2) is 43.3 Å². The van der Waals surface area contributed by atoms with E-state index in [1.807, 2.05) is 0 Å². The molecule has 2 aliphatic rings. The lowest BCUT2D eigenvalue weighted by atomic mass is 10.2. The minimum absolute atomic E-state index is 0.175. The summed E-state index contributed by atoms with van der Waals surface area (Å²) in [5.41, 5.74) is 1.25. The number of hydrogen-bond donors (Lipinski definition) is 2. The Bertz CT molecular complexity index is 884. The molecule has 2 aliphatic heterocycles. The number of likely N-dealkylation sites (tertiary alicyclic amines) is 1. The first-order valence-electron chi connectivity index (χ1n) is 9.06. The van der Waals surface area contributed by atoms with Crippen molar-refractivity contribution in [2.24, 2.45) is 0 Å². The normalized spacial score (nSPS) is 17.3. The molecule has 0 aliphatic carbocycles. The van der Waals surface area contributed by atoms with Gasteiger partial charge in [0.15, 0.2) is 11.5 Å². The van der Waals surface area contributed by atoms with Gasteiger partial charge in [-0.25, -0.2) is 4.79 Å². The molecule has 0 bridgehead atoms. The summed E-state index contributed by atoms with van der Waals surface area (Å²) in [6.45, 7) is 0.704. The second-order valence-corrected chi connectivity index (χ2v) is 6.57. The zero-order valence-electron chi connectivity index (χ0n) is 15.4. The van der Waals surface area contributed by atoms with Crippen molar-refractivity contribution in [2.75, 3.05) is 31.1 Å². The molecule has 2 heterocycles. The SMILES string of the molecule is COc1ccc(NC(=O)N2CCC[C@H]2C(=O)Nc2ccc3c(c2)OCO3)cc1. The molecule has 0 radical (unpaired) electrons. The van der Waals surface area contributed by atoms with Crippen LogP contribution in [0.25, 0.3) is 0 Å². The second kappa shape index (κ2) is 7.67. The van der Waals surface area contributed by atoms with Crippen molar-refractivity contribution in [1.82, 2.24) is 4.90 Å². The van der Waals surface area contributed by atoms with Gasteiger partial charge in [-0.15, -0.1) is 0 Å². The summed E-state index contributed by atoms with van der Waals surface area (Å²) in [7, 11) is 1.58. The molecule has 146 valence electrons. The van der Waals surface area contributed by atoms with Gasteiger partial charge < -0.3 is 29.7 Å². The van der Waals surface area contributed by atoms with Gasteiger partial charge in [-0.2, -0.15) is 0 Å². The number of rotatable bonds is 4. The van der Waals surface area contributed by atoms with Crippen LogP contribution in [0.4, 0.5) is 16.2 Å². The maximum absolute atomic E-state index is 12.7. The van der Waals surface area contributed by atoms with E-state index in [1.54, 1.807) is 54.5 Å². The lowest BCUT2D eigenvalue weighted by Crippen LogP contribution is -2.45. The van der Waals surface area contributed by atoms with Crippen molar-refractivity contribution in [2.45, 2.75) is 18.9 Å². The monoisotopic (exact) mass is 383 g/mol. The van der Waals surface area contributed by atoms with E-state index in [4.69, 9.17) is 14.2 Å². The molecule has 8 nitrogen and oxygen atoms in total. The van der Waals surface area contributed by atoms with Crippen LogP contribution in [0.1, 0.15) is 12.8 Å². The smallest absolute Gasteiger partial charge is 0.322 e. The predicted octanol–water partition coefficient (Wildman–Crippen LogP) is 3.06. The van der Waals surface area contributed by atoms with Crippen LogP contribution in [0.15, 0.2) is 42.5 Å². The molecular weight excluding hydrogens is 362 g/mol. The third kappa shape index (κ3) is 3.66. The highest BCUT2D eigenvalue weighted by molar-refractivity contribution is 5.99. The lowest BCUT2D eigenvalue weighted by Gasteiger charge is -2.24. The maximum Gasteiger partial charge on any atom is 0.322 e. The molecule has 8 heteroatoms. The fourth-order valence-corrected chi connectivity index (χ4v) is 3.35. The van der Waals surface area contributed by atoms with Gasteiger partial charge in [0, 0.05) is 24.0 Å². The van der Waals surface area contributed by atoms with E-state index in [9.17, 15) is 9.59 Å². The van der Waals surface area contributed by atoms with Crippen LogP contribution in [0.2, 0.25) is 0 Å². The number of benzene rings is 2. The van der Waals surface area contributed by atoms with Gasteiger partial charge >= 0.3 is 6.03 Å². The van der Waals surface area contributed by atoms with Crippen LogP contribution in [-0.2, 0) is 4.79 Å². The van der Waals surface area contributed by atoms with E-state index < -0.39 is 6.04 Å². The number of fused-ring (bicyclic) bond motifs is 1. The molecule has 1 fully saturated rings. The predicted molar refractivity (Wildman–Crippen MR) is 103 cm³/mol. The quantitative estimate of drug-likeness (QED) is 0.847. The topological polar surface area (TPSA) is 89.1 Å². The van der Waals surface area contributed by atoms with Crippen LogP contribution >= 0.6 is 0 Å². The Kier molecular flexibility index (Phi) is 4.92. The molecular formula is C20H21N3O5. The maximum atomic E-state index is 12.7. The van der Waals surface area contributed by atoms with Gasteiger partial charge in [-0.3, -0.25) is 4.79 Å². The highest BCUT2D eigenvalue weighted by atomic mass is 16.7. The van der Waals surface area contributed by atoms with E-state index in [-0.39, 0.29) is 18.7 Å². The fraction of sp³-hybridized carbons (Fsp3) is 0.300. The first-order chi connectivity index (χ1) is 13.6. The Balaban J connectivity index is 1.40. The summed E-state index contributed by atoms with van der Waals surface area (Å²) in [6, 6.07) is 11.5. The number of carbonyl (C=O) groups is 2. The fourth-order valence-electron chi connectivity index (χ4n) is 3.35. The molecule has 4 rings (SSSR count). The Morgan fingerprint density at radius 3 is 2.57 bits per heavy atom. The second-order valence-electron chi connectivity index (χ2n) is 6.57. The Morgan fingerprint density at radius 2 is 1.79 bits per heavy atom. The van der Waals surface area contributed by atoms with Crippen LogP contribution in [0.5, 0.6) is 17.2 Å². The summed E-state index contributed by atoms with van der Waals surface area (Å²) < 4.78 is 15.7. The van der Waals surface area contributed by atoms with Gasteiger partial charge in [0.25, 0.3) is 0 Å². The van der Waals surface area contributed by atoms with E-state index in [0.29, 0.717) is 41.6 Å². The highest BCUT2D eigenvalue weighted by Gasteiger charge is 2.34. The summed E-state index contributed by atoms with van der Waals surface area (Å²) >= 11 is 0. The van der Waals surface area contributed by atoms with Gasteiger partial charge in [0.2, 0.25) is 12.7 Å². The standard InChI is InChI=1S/C20H21N3O5/c1-26-15-7-4-13(5-8-15)22-20(25)23-10-2-3-16(23)19(24)21-14-6-9-17-18(11-14)28-12-27-17/h4-9,11,16H,2-3,10,12H2,1H3,(H,21,24)(H,22,25)/t16-/m0/s1. The van der Waals surface area contributed by atoms with Crippen LogP contribution in [0, 0.1) is 0 Å². The Hall–Kier alpha value is -3.42. The molecule has 2 N–H and O–H groups in total. The van der Waals surface area contributed by atoms with Gasteiger partial charge in [0.05, 0.1) is 7.11 Å². The molecule has 1 saturated heterocycles. The number of carbonyl (C=O) groups excluding carboxylic acids is 2. The lowest BCUT2D eigenvalue weighted by molar-refractivity contribution is -0.119. The minimum Gasteiger partial charge on any atom is -0.497 e. The van der Waals surface area contributed by atoms with Gasteiger partial charge in [0.1, 0.15) is 11.8 Å². The summed E-state index contributed by atoms with van der Waals surface area (Å²) in [5.74, 6) is 1.74. The van der Waals surface area contributed by atoms with Crippen molar-refractivity contribution in [3.05, 3.63) is 42.5 Å². The van der Waals surface area contributed by atoms with E-state index in [0.717, 1.165) is 6.42 Å². The van der Waals surface area contributed by atoms with Crippen LogP contribution in [0.3, 0.4) is 0 Å². The third-order valence-corrected chi connectivity index (χ3v) is 4.80. The Labute approximate surface area is 162 Å². The molecule has 0 spiro atoms. The summed E-state index contributed by atoms with van der Waals surface area (Å²) in [5, 5.41) is 5.70. The average Bonchev–Trinajstić information content (AvgIpc) is 3.37. The molecule has 1 atom stereocenters. The van der Waals surface area contributed by atoms with Crippen molar-refractivity contribution < 1.29 is 23.8 Å². The molecule has 0 saturated carbocycles. The van der Waals surface area contributed by atoms with Gasteiger partial charge in [-0.1, -0.05) is 0 Å². The summed E-state index contributed by atoms with van der Waals surface area (Å²) in [6.07, 6.45) is 1.39. The first kappa shape index (κ1) is 18.0. The zero-order chi connectivity index (χ0) is 19.5. The number of hydrogen-bond acceptors (Lipinski definition) is 5. The van der Waals surface area contributed by atoms with Gasteiger partial charge in [-0.05, 0) is 49.2 Å². The number of methoxy groups -OCH3 is 1. The largest absolute Gasteiger partial charge is 0.497 e. The highest BCUT2D eigenvalue weighted by Crippen LogP contribution is 2.34. The first-order valence-corrected chi connectivity index (χ1v) is 9.06. The number of nitrogens with one attached hydrogen (secondary N) is 2. The van der Waals surface area contributed by atoms with E-state index in [2.05, 4.69) is 10.6 Å². The van der Waals surface area contributed by atoms with Crippen molar-refractivity contribution in [3.8, 4) is 17.2 Å². The zero-order valence-corrected chi connectivity index (χ0v) is 15.4. The molecule has 2 aromatic rings. The number of ether oxygens (including phenoxy) is 3. The average molecular weight is 383 g/mol.